The van der Waals surface area contributed by atoms with Crippen LogP contribution >= 0.6 is 11.3 Å². The Balaban J connectivity index is 1.76. The summed E-state index contributed by atoms with van der Waals surface area (Å²) in [6.45, 7) is 7.96. The Labute approximate surface area is 243 Å². The molecule has 1 aliphatic rings. The van der Waals surface area contributed by atoms with E-state index in [1.54, 1.807) is 18.6 Å². The minimum atomic E-state index is -0.698. The highest BCUT2D eigenvalue weighted by atomic mass is 32.1. The van der Waals surface area contributed by atoms with Gasteiger partial charge < -0.3 is 14.4 Å². The number of aromatic nitrogens is 1. The summed E-state index contributed by atoms with van der Waals surface area (Å²) in [6, 6.07) is 24.4. The van der Waals surface area contributed by atoms with E-state index in [-0.39, 0.29) is 12.2 Å². The van der Waals surface area contributed by atoms with Crippen LogP contribution in [0.3, 0.4) is 0 Å². The third kappa shape index (κ3) is 5.47. The standard InChI is InChI=1S/C33H33N3O4S/c1-5-35(6-2)25-19-18-24(26(21-25)39-4)20-27-31(37)36-30(23-16-12-9-13-17-23)28(32(38)40-7-3)29(34-33(36)41-27)22-14-10-8-11-15-22/h8-21,30H,5-7H2,1-4H3/b27-20-/t30-/m1/s1. The molecular weight excluding hydrogens is 534 g/mol. The molecule has 7 nitrogen and oxygen atoms in total. The van der Waals surface area contributed by atoms with Gasteiger partial charge in [-0.25, -0.2) is 9.79 Å². The first kappa shape index (κ1) is 28.1. The molecule has 0 spiro atoms. The predicted molar refractivity (Wildman–Crippen MR) is 164 cm³/mol. The number of fused-ring (bicyclic) bond motifs is 1. The van der Waals surface area contributed by atoms with Crippen LogP contribution < -0.4 is 24.5 Å². The first-order valence-corrected chi connectivity index (χ1v) is 14.6. The van der Waals surface area contributed by atoms with Gasteiger partial charge in [0.2, 0.25) is 0 Å². The van der Waals surface area contributed by atoms with Crippen molar-refractivity contribution >= 4 is 34.8 Å². The number of methoxy groups -OCH3 is 1. The van der Waals surface area contributed by atoms with E-state index in [9.17, 15) is 9.59 Å². The van der Waals surface area contributed by atoms with Crippen LogP contribution in [0.1, 0.15) is 43.5 Å². The number of carbonyl (C=O) groups is 1. The molecule has 0 fully saturated rings. The Kier molecular flexibility index (Phi) is 8.50. The zero-order valence-electron chi connectivity index (χ0n) is 23.7. The van der Waals surface area contributed by atoms with E-state index in [2.05, 4.69) is 18.7 Å². The maximum atomic E-state index is 14.1. The molecule has 2 heterocycles. The van der Waals surface area contributed by atoms with Gasteiger partial charge in [-0.2, -0.15) is 0 Å². The average molecular weight is 568 g/mol. The Hall–Kier alpha value is -4.43. The highest BCUT2D eigenvalue weighted by molar-refractivity contribution is 7.07. The molecule has 8 heteroatoms. The molecule has 210 valence electrons. The van der Waals surface area contributed by atoms with E-state index in [1.165, 1.54) is 11.3 Å². The van der Waals surface area contributed by atoms with Crippen LogP contribution in [0.4, 0.5) is 5.69 Å². The summed E-state index contributed by atoms with van der Waals surface area (Å²) in [5, 5.41) is 0. The molecule has 1 aliphatic heterocycles. The quantitative estimate of drug-likeness (QED) is 0.272. The van der Waals surface area contributed by atoms with Crippen molar-refractivity contribution in [1.29, 1.82) is 0 Å². The molecule has 0 saturated heterocycles. The SMILES string of the molecule is CCOC(=O)C1=C(c2ccccc2)N=c2s/c(=C\c3ccc(N(CC)CC)cc3OC)c(=O)n2[C@@H]1c1ccccc1. The van der Waals surface area contributed by atoms with Gasteiger partial charge in [0.1, 0.15) is 5.75 Å². The number of hydrogen-bond acceptors (Lipinski definition) is 7. The van der Waals surface area contributed by atoms with Crippen molar-refractivity contribution in [3.63, 3.8) is 0 Å². The topological polar surface area (TPSA) is 73.1 Å². The molecule has 4 aromatic rings. The minimum Gasteiger partial charge on any atom is -0.496 e. The van der Waals surface area contributed by atoms with Crippen molar-refractivity contribution in [2.75, 3.05) is 31.7 Å². The number of esters is 1. The number of carbonyl (C=O) groups excluding carboxylic acids is 1. The van der Waals surface area contributed by atoms with Crippen LogP contribution in [0.5, 0.6) is 5.75 Å². The summed E-state index contributed by atoms with van der Waals surface area (Å²) < 4.78 is 13.4. The number of anilines is 1. The molecule has 0 N–H and O–H groups in total. The Morgan fingerprint density at radius 1 is 1.00 bits per heavy atom. The molecule has 1 aromatic heterocycles. The van der Waals surface area contributed by atoms with Crippen LogP contribution in [0.2, 0.25) is 0 Å². The van der Waals surface area contributed by atoms with E-state index < -0.39 is 12.0 Å². The maximum Gasteiger partial charge on any atom is 0.338 e. The molecule has 0 aliphatic carbocycles. The molecule has 0 unspecified atom stereocenters. The van der Waals surface area contributed by atoms with Crippen molar-refractivity contribution in [3.8, 4) is 5.75 Å². The monoisotopic (exact) mass is 567 g/mol. The van der Waals surface area contributed by atoms with Crippen molar-refractivity contribution < 1.29 is 14.3 Å². The number of rotatable bonds is 9. The van der Waals surface area contributed by atoms with Crippen molar-refractivity contribution in [2.24, 2.45) is 4.99 Å². The fourth-order valence-electron chi connectivity index (χ4n) is 5.14. The fourth-order valence-corrected chi connectivity index (χ4v) is 6.13. The van der Waals surface area contributed by atoms with Gasteiger partial charge >= 0.3 is 5.97 Å². The van der Waals surface area contributed by atoms with Crippen molar-refractivity contribution in [2.45, 2.75) is 26.8 Å². The van der Waals surface area contributed by atoms with E-state index in [4.69, 9.17) is 14.5 Å². The molecular formula is C33H33N3O4S. The molecule has 0 radical (unpaired) electrons. The largest absolute Gasteiger partial charge is 0.496 e. The first-order valence-electron chi connectivity index (χ1n) is 13.8. The van der Waals surface area contributed by atoms with E-state index in [0.717, 1.165) is 35.5 Å². The van der Waals surface area contributed by atoms with Gasteiger partial charge in [-0.1, -0.05) is 72.0 Å². The zero-order valence-corrected chi connectivity index (χ0v) is 24.5. The smallest absolute Gasteiger partial charge is 0.338 e. The third-order valence-electron chi connectivity index (χ3n) is 7.12. The summed E-state index contributed by atoms with van der Waals surface area (Å²) in [7, 11) is 1.63. The van der Waals surface area contributed by atoms with Gasteiger partial charge in [0.25, 0.3) is 5.56 Å². The van der Waals surface area contributed by atoms with Gasteiger partial charge in [-0.05, 0) is 44.5 Å². The van der Waals surface area contributed by atoms with Gasteiger partial charge in [-0.15, -0.1) is 0 Å². The summed E-state index contributed by atoms with van der Waals surface area (Å²) in [5.74, 6) is 0.184. The van der Waals surface area contributed by atoms with Crippen LogP contribution in [0.25, 0.3) is 11.8 Å². The van der Waals surface area contributed by atoms with Gasteiger partial charge in [0.15, 0.2) is 4.80 Å². The lowest BCUT2D eigenvalue weighted by Crippen LogP contribution is -2.40. The molecule has 0 bridgehead atoms. The molecule has 5 rings (SSSR count). The molecule has 41 heavy (non-hydrogen) atoms. The highest BCUT2D eigenvalue weighted by Gasteiger charge is 2.35. The molecule has 0 amide bonds. The third-order valence-corrected chi connectivity index (χ3v) is 8.10. The number of hydrogen-bond donors (Lipinski definition) is 0. The summed E-state index contributed by atoms with van der Waals surface area (Å²) in [4.78, 5) is 35.3. The lowest BCUT2D eigenvalue weighted by atomic mass is 9.93. The second kappa shape index (κ2) is 12.4. The Bertz CT molecular complexity index is 1750. The predicted octanol–water partition coefficient (Wildman–Crippen LogP) is 4.79. The number of ether oxygens (including phenoxy) is 2. The highest BCUT2D eigenvalue weighted by Crippen LogP contribution is 2.35. The second-order valence-electron chi connectivity index (χ2n) is 9.44. The average Bonchev–Trinajstić information content (AvgIpc) is 3.32. The lowest BCUT2D eigenvalue weighted by Gasteiger charge is -2.25. The number of thiazole rings is 1. The number of benzene rings is 3. The van der Waals surface area contributed by atoms with Gasteiger partial charge in [0, 0.05) is 36.0 Å². The second-order valence-corrected chi connectivity index (χ2v) is 10.4. The Morgan fingerprint density at radius 2 is 1.68 bits per heavy atom. The van der Waals surface area contributed by atoms with E-state index in [1.807, 2.05) is 84.9 Å². The van der Waals surface area contributed by atoms with Crippen LogP contribution in [-0.2, 0) is 9.53 Å². The zero-order chi connectivity index (χ0) is 28.9. The van der Waals surface area contributed by atoms with Gasteiger partial charge in [-0.3, -0.25) is 9.36 Å². The molecule has 3 aromatic carbocycles. The normalized spacial score (nSPS) is 14.8. The summed E-state index contributed by atoms with van der Waals surface area (Å²) in [6.07, 6.45) is 1.84. The number of nitrogens with zero attached hydrogens (tertiary/aromatic N) is 3. The first-order chi connectivity index (χ1) is 20.0. The van der Waals surface area contributed by atoms with E-state index >= 15 is 0 Å². The summed E-state index contributed by atoms with van der Waals surface area (Å²) >= 11 is 1.30. The summed E-state index contributed by atoms with van der Waals surface area (Å²) in [5.41, 5.74) is 4.04. The Morgan fingerprint density at radius 3 is 2.32 bits per heavy atom. The van der Waals surface area contributed by atoms with Crippen LogP contribution in [0, 0.1) is 0 Å². The molecule has 0 saturated carbocycles. The lowest BCUT2D eigenvalue weighted by molar-refractivity contribution is -0.138. The minimum absolute atomic E-state index is 0.208. The van der Waals surface area contributed by atoms with Crippen LogP contribution in [0.15, 0.2) is 94.2 Å². The fraction of sp³-hybridized carbons (Fsp3) is 0.242. The van der Waals surface area contributed by atoms with Crippen molar-refractivity contribution in [1.82, 2.24) is 4.57 Å². The van der Waals surface area contributed by atoms with Gasteiger partial charge in [0.05, 0.1) is 35.6 Å². The molecule has 1 atom stereocenters. The van der Waals surface area contributed by atoms with Crippen LogP contribution in [-0.4, -0.2) is 37.3 Å². The maximum absolute atomic E-state index is 14.1. The van der Waals surface area contributed by atoms with Crippen molar-refractivity contribution in [3.05, 3.63) is 121 Å². The van der Waals surface area contributed by atoms with E-state index in [0.29, 0.717) is 26.4 Å².